The van der Waals surface area contributed by atoms with Crippen LogP contribution in [-0.2, 0) is 21.4 Å². The summed E-state index contributed by atoms with van der Waals surface area (Å²) in [5, 5.41) is 13.1. The fourth-order valence-electron chi connectivity index (χ4n) is 2.75. The Labute approximate surface area is 151 Å². The summed E-state index contributed by atoms with van der Waals surface area (Å²) in [6.07, 6.45) is 1.98. The van der Waals surface area contributed by atoms with Crippen LogP contribution in [0.2, 0.25) is 0 Å². The van der Waals surface area contributed by atoms with E-state index >= 15 is 0 Å². The Bertz CT molecular complexity index is 789. The van der Waals surface area contributed by atoms with E-state index in [-0.39, 0.29) is 17.7 Å². The second-order valence-electron chi connectivity index (χ2n) is 6.67. The Kier molecular flexibility index (Phi) is 5.36. The number of anilines is 2. The number of hydrogen-bond donors (Lipinski definition) is 2. The summed E-state index contributed by atoms with van der Waals surface area (Å²) >= 11 is 0. The van der Waals surface area contributed by atoms with E-state index in [2.05, 4.69) is 20.9 Å². The zero-order valence-corrected chi connectivity index (χ0v) is 15.1. The van der Waals surface area contributed by atoms with E-state index in [0.717, 1.165) is 25.1 Å². The highest BCUT2D eigenvalue weighted by molar-refractivity contribution is 6.43. The summed E-state index contributed by atoms with van der Waals surface area (Å²) in [5.74, 6) is 0.0165. The van der Waals surface area contributed by atoms with Crippen LogP contribution in [0.15, 0.2) is 16.7 Å². The lowest BCUT2D eigenvalue weighted by atomic mass is 9.99. The number of aryl methyl sites for hydroxylation is 1. The summed E-state index contributed by atoms with van der Waals surface area (Å²) in [6.45, 7) is 5.27. The van der Waals surface area contributed by atoms with Crippen LogP contribution in [0.1, 0.15) is 50.0 Å². The van der Waals surface area contributed by atoms with Crippen LogP contribution in [0.3, 0.4) is 0 Å². The molecule has 1 fully saturated rings. The highest BCUT2D eigenvalue weighted by Crippen LogP contribution is 2.26. The van der Waals surface area contributed by atoms with Crippen molar-refractivity contribution in [3.63, 3.8) is 0 Å². The molecule has 1 saturated heterocycles. The Morgan fingerprint density at radius 3 is 2.69 bits per heavy atom. The van der Waals surface area contributed by atoms with Gasteiger partial charge in [-0.2, -0.15) is 5.10 Å². The van der Waals surface area contributed by atoms with Crippen molar-refractivity contribution in [1.29, 1.82) is 0 Å². The van der Waals surface area contributed by atoms with Gasteiger partial charge < -0.3 is 14.6 Å². The minimum Gasteiger partial charge on any atom is -0.381 e. The average molecular weight is 361 g/mol. The van der Waals surface area contributed by atoms with E-state index in [1.165, 1.54) is 0 Å². The van der Waals surface area contributed by atoms with Gasteiger partial charge in [-0.1, -0.05) is 19.0 Å². The van der Waals surface area contributed by atoms with E-state index < -0.39 is 11.8 Å². The van der Waals surface area contributed by atoms with Crippen LogP contribution in [0.25, 0.3) is 0 Å². The second kappa shape index (κ2) is 7.69. The van der Waals surface area contributed by atoms with Crippen molar-refractivity contribution in [1.82, 2.24) is 14.9 Å². The van der Waals surface area contributed by atoms with Crippen molar-refractivity contribution in [2.24, 2.45) is 7.05 Å². The normalized spacial score (nSPS) is 17.3. The van der Waals surface area contributed by atoms with Crippen molar-refractivity contribution >= 4 is 23.5 Å². The number of hydrogen-bond acceptors (Lipinski definition) is 6. The van der Waals surface area contributed by atoms with Crippen LogP contribution in [0.4, 0.5) is 11.6 Å². The van der Waals surface area contributed by atoms with Crippen LogP contribution < -0.4 is 10.6 Å². The third kappa shape index (κ3) is 4.10. The fraction of sp³-hybridized carbons (Fsp3) is 0.529. The molecule has 0 radical (unpaired) electrons. The lowest BCUT2D eigenvalue weighted by molar-refractivity contribution is -0.133. The van der Waals surface area contributed by atoms with E-state index in [1.807, 2.05) is 13.8 Å². The molecular formula is C17H23N5O4. The molecule has 3 rings (SSSR count). The third-order valence-corrected chi connectivity index (χ3v) is 4.26. The van der Waals surface area contributed by atoms with Crippen molar-refractivity contribution in [3.05, 3.63) is 23.6 Å². The smallest absolute Gasteiger partial charge is 0.315 e. The summed E-state index contributed by atoms with van der Waals surface area (Å²) < 4.78 is 12.1. The van der Waals surface area contributed by atoms with E-state index in [9.17, 15) is 9.59 Å². The fourth-order valence-corrected chi connectivity index (χ4v) is 2.75. The number of nitrogens with zero attached hydrogens (tertiary/aromatic N) is 3. The standard InChI is InChI=1S/C17H23N5O4/c1-10(2)13-8-14(21-26-13)18-16(23)17(24)19-15-7-12(20-22(15)3)11-5-4-6-25-9-11/h7-8,10-11H,4-6,9H2,1-3H3,(H,19,24)(H,18,21,23). The van der Waals surface area contributed by atoms with Crippen LogP contribution in [0.5, 0.6) is 0 Å². The highest BCUT2D eigenvalue weighted by Gasteiger charge is 2.22. The lowest BCUT2D eigenvalue weighted by Crippen LogP contribution is -2.29. The summed E-state index contributed by atoms with van der Waals surface area (Å²) in [4.78, 5) is 24.2. The quantitative estimate of drug-likeness (QED) is 0.806. The molecule has 2 amide bonds. The van der Waals surface area contributed by atoms with Gasteiger partial charge in [0, 0.05) is 37.6 Å². The van der Waals surface area contributed by atoms with Gasteiger partial charge in [-0.25, -0.2) is 0 Å². The number of aromatic nitrogens is 3. The first-order chi connectivity index (χ1) is 12.4. The minimum atomic E-state index is -0.822. The molecule has 1 unspecified atom stereocenters. The van der Waals surface area contributed by atoms with Gasteiger partial charge in [0.25, 0.3) is 0 Å². The van der Waals surface area contributed by atoms with Crippen LogP contribution in [0, 0.1) is 0 Å². The van der Waals surface area contributed by atoms with Gasteiger partial charge in [0.15, 0.2) is 5.82 Å². The van der Waals surface area contributed by atoms with Gasteiger partial charge in [-0.05, 0) is 12.8 Å². The van der Waals surface area contributed by atoms with Gasteiger partial charge in [0.2, 0.25) is 0 Å². The number of nitrogens with one attached hydrogen (secondary N) is 2. The number of rotatable bonds is 4. The lowest BCUT2D eigenvalue weighted by Gasteiger charge is -2.19. The Hall–Kier alpha value is -2.68. The molecule has 26 heavy (non-hydrogen) atoms. The maximum Gasteiger partial charge on any atom is 0.315 e. The molecule has 2 N–H and O–H groups in total. The van der Waals surface area contributed by atoms with Gasteiger partial charge >= 0.3 is 11.8 Å². The molecule has 0 bridgehead atoms. The van der Waals surface area contributed by atoms with E-state index in [0.29, 0.717) is 18.2 Å². The number of ether oxygens (including phenoxy) is 1. The zero-order valence-electron chi connectivity index (χ0n) is 15.1. The Balaban J connectivity index is 1.61. The number of carbonyl (C=O) groups excluding carboxylic acids is 2. The monoisotopic (exact) mass is 361 g/mol. The van der Waals surface area contributed by atoms with Gasteiger partial charge in [0.05, 0.1) is 12.3 Å². The molecule has 140 valence electrons. The molecule has 1 aliphatic rings. The predicted octanol–water partition coefficient (Wildman–Crippen LogP) is 2.00. The third-order valence-electron chi connectivity index (χ3n) is 4.26. The molecule has 3 heterocycles. The van der Waals surface area contributed by atoms with E-state index in [4.69, 9.17) is 9.26 Å². The maximum absolute atomic E-state index is 12.1. The molecular weight excluding hydrogens is 338 g/mol. The van der Waals surface area contributed by atoms with Crippen LogP contribution in [-0.4, -0.2) is 40.0 Å². The molecule has 0 spiro atoms. The first-order valence-electron chi connectivity index (χ1n) is 8.64. The Morgan fingerprint density at radius 2 is 2.04 bits per heavy atom. The van der Waals surface area contributed by atoms with E-state index in [1.54, 1.807) is 23.9 Å². The molecule has 9 nitrogen and oxygen atoms in total. The van der Waals surface area contributed by atoms with Crippen LogP contribution >= 0.6 is 0 Å². The number of carbonyl (C=O) groups is 2. The van der Waals surface area contributed by atoms with Crippen molar-refractivity contribution in [2.75, 3.05) is 23.8 Å². The summed E-state index contributed by atoms with van der Waals surface area (Å²) in [5.41, 5.74) is 0.848. The summed E-state index contributed by atoms with van der Waals surface area (Å²) in [7, 11) is 1.72. The molecule has 0 aromatic carbocycles. The van der Waals surface area contributed by atoms with Crippen molar-refractivity contribution in [3.8, 4) is 0 Å². The van der Waals surface area contributed by atoms with Gasteiger partial charge in [0.1, 0.15) is 11.6 Å². The Morgan fingerprint density at radius 1 is 1.27 bits per heavy atom. The highest BCUT2D eigenvalue weighted by atomic mass is 16.5. The predicted molar refractivity (Wildman–Crippen MR) is 93.9 cm³/mol. The largest absolute Gasteiger partial charge is 0.381 e. The molecule has 0 saturated carbocycles. The van der Waals surface area contributed by atoms with Gasteiger partial charge in [-0.3, -0.25) is 19.6 Å². The first-order valence-corrected chi connectivity index (χ1v) is 8.64. The van der Waals surface area contributed by atoms with Gasteiger partial charge in [-0.15, -0.1) is 0 Å². The maximum atomic E-state index is 12.1. The number of amides is 2. The molecule has 2 aromatic rings. The second-order valence-corrected chi connectivity index (χ2v) is 6.67. The average Bonchev–Trinajstić information content (AvgIpc) is 3.23. The zero-order chi connectivity index (χ0) is 18.7. The van der Waals surface area contributed by atoms with Crippen molar-refractivity contribution in [2.45, 2.75) is 38.5 Å². The molecule has 1 aliphatic heterocycles. The molecule has 9 heteroatoms. The minimum absolute atomic E-state index is 0.138. The molecule has 1 atom stereocenters. The first kappa shape index (κ1) is 18.1. The summed E-state index contributed by atoms with van der Waals surface area (Å²) in [6, 6.07) is 3.37. The SMILES string of the molecule is CC(C)c1cc(NC(=O)C(=O)Nc2cc(C3CCCOC3)nn2C)no1. The topological polar surface area (TPSA) is 111 Å². The molecule has 2 aromatic heterocycles. The van der Waals surface area contributed by atoms with Crippen molar-refractivity contribution < 1.29 is 18.8 Å². The molecule has 0 aliphatic carbocycles.